The molecule has 0 bridgehead atoms. The second-order valence-corrected chi connectivity index (χ2v) is 5.88. The zero-order valence-corrected chi connectivity index (χ0v) is 14.0. The van der Waals surface area contributed by atoms with Gasteiger partial charge in [0.25, 0.3) is 17.7 Å². The Bertz CT molecular complexity index is 879. The lowest BCUT2D eigenvalue weighted by molar-refractivity contribution is 0.0692. The molecular weight excluding hydrogens is 323 g/mol. The van der Waals surface area contributed by atoms with Crippen LogP contribution in [0.25, 0.3) is 0 Å². The van der Waals surface area contributed by atoms with E-state index in [2.05, 4.69) is 0 Å². The fourth-order valence-electron chi connectivity index (χ4n) is 2.86. The van der Waals surface area contributed by atoms with Crippen LogP contribution in [0.3, 0.4) is 0 Å². The van der Waals surface area contributed by atoms with E-state index in [1.165, 1.54) is 31.3 Å². The summed E-state index contributed by atoms with van der Waals surface area (Å²) >= 11 is 0. The van der Waals surface area contributed by atoms with Gasteiger partial charge in [-0.3, -0.25) is 19.3 Å². The van der Waals surface area contributed by atoms with Crippen molar-refractivity contribution in [1.82, 2.24) is 9.80 Å². The van der Waals surface area contributed by atoms with E-state index in [1.807, 2.05) is 6.92 Å². The maximum absolute atomic E-state index is 13.3. The topological polar surface area (TPSA) is 57.7 Å². The molecule has 25 heavy (non-hydrogen) atoms. The van der Waals surface area contributed by atoms with Gasteiger partial charge in [0.1, 0.15) is 5.82 Å². The summed E-state index contributed by atoms with van der Waals surface area (Å²) in [5, 5.41) is 0. The van der Waals surface area contributed by atoms with Gasteiger partial charge >= 0.3 is 0 Å². The molecule has 1 heterocycles. The van der Waals surface area contributed by atoms with Crippen LogP contribution in [0.5, 0.6) is 0 Å². The highest BCUT2D eigenvalue weighted by molar-refractivity contribution is 6.21. The van der Waals surface area contributed by atoms with Gasteiger partial charge in [0.15, 0.2) is 0 Å². The number of amides is 3. The molecule has 0 spiro atoms. The Balaban J connectivity index is 1.87. The summed E-state index contributed by atoms with van der Waals surface area (Å²) in [5.74, 6) is -1.41. The van der Waals surface area contributed by atoms with Crippen LogP contribution in [0, 0.1) is 5.82 Å². The van der Waals surface area contributed by atoms with Crippen LogP contribution in [0.15, 0.2) is 42.5 Å². The molecule has 0 aliphatic carbocycles. The van der Waals surface area contributed by atoms with Crippen molar-refractivity contribution in [1.29, 1.82) is 0 Å². The lowest BCUT2D eigenvalue weighted by atomic mass is 10.0. The lowest BCUT2D eigenvalue weighted by Gasteiger charge is -2.21. The molecule has 3 rings (SSSR count). The van der Waals surface area contributed by atoms with E-state index in [1.54, 1.807) is 23.1 Å². The molecule has 5 nitrogen and oxygen atoms in total. The number of halogens is 1. The van der Waals surface area contributed by atoms with E-state index in [0.717, 1.165) is 4.90 Å². The normalized spacial score (nSPS) is 13.2. The predicted molar refractivity (Wildman–Crippen MR) is 89.7 cm³/mol. The molecule has 0 unspecified atom stereocenters. The van der Waals surface area contributed by atoms with E-state index in [4.69, 9.17) is 0 Å². The number of nitrogens with zero attached hydrogens (tertiary/aromatic N) is 2. The third-order valence-corrected chi connectivity index (χ3v) is 4.27. The number of hydrogen-bond donors (Lipinski definition) is 0. The molecule has 2 aromatic rings. The Morgan fingerprint density at radius 2 is 1.80 bits per heavy atom. The molecule has 128 valence electrons. The second-order valence-electron chi connectivity index (χ2n) is 5.88. The maximum Gasteiger partial charge on any atom is 0.261 e. The molecule has 1 aliphatic heterocycles. The van der Waals surface area contributed by atoms with E-state index in [0.29, 0.717) is 23.2 Å². The molecule has 2 aromatic carbocycles. The van der Waals surface area contributed by atoms with Gasteiger partial charge in [-0.25, -0.2) is 4.39 Å². The molecule has 1 aliphatic rings. The number of imide groups is 1. The summed E-state index contributed by atoms with van der Waals surface area (Å²) < 4.78 is 13.3. The number of hydrogen-bond acceptors (Lipinski definition) is 3. The summed E-state index contributed by atoms with van der Waals surface area (Å²) in [6, 6.07) is 10.6. The van der Waals surface area contributed by atoms with Crippen LogP contribution < -0.4 is 0 Å². The number of fused-ring (bicyclic) bond motifs is 1. The van der Waals surface area contributed by atoms with Crippen molar-refractivity contribution < 1.29 is 18.8 Å². The molecule has 6 heteroatoms. The van der Waals surface area contributed by atoms with Crippen molar-refractivity contribution in [2.24, 2.45) is 0 Å². The van der Waals surface area contributed by atoms with Crippen LogP contribution >= 0.6 is 0 Å². The highest BCUT2D eigenvalue weighted by Gasteiger charge is 2.33. The van der Waals surface area contributed by atoms with Crippen LogP contribution in [0.4, 0.5) is 4.39 Å². The fraction of sp³-hybridized carbons (Fsp3) is 0.211. The van der Waals surface area contributed by atoms with Crippen molar-refractivity contribution in [3.63, 3.8) is 0 Å². The van der Waals surface area contributed by atoms with Crippen molar-refractivity contribution in [2.75, 3.05) is 13.6 Å². The molecule has 0 saturated heterocycles. The molecule has 0 aromatic heterocycles. The summed E-state index contributed by atoms with van der Waals surface area (Å²) in [4.78, 5) is 39.4. The van der Waals surface area contributed by atoms with Crippen LogP contribution in [0.2, 0.25) is 0 Å². The molecular formula is C19H17FN2O3. The van der Waals surface area contributed by atoms with Gasteiger partial charge in [0, 0.05) is 25.7 Å². The highest BCUT2D eigenvalue weighted by atomic mass is 19.1. The van der Waals surface area contributed by atoms with Gasteiger partial charge in [-0.2, -0.15) is 0 Å². The van der Waals surface area contributed by atoms with Gasteiger partial charge in [0.05, 0.1) is 11.1 Å². The minimum absolute atomic E-state index is 0.236. The van der Waals surface area contributed by atoms with Crippen LogP contribution in [-0.2, 0) is 6.54 Å². The van der Waals surface area contributed by atoms with E-state index in [9.17, 15) is 18.8 Å². The van der Waals surface area contributed by atoms with E-state index >= 15 is 0 Å². The van der Waals surface area contributed by atoms with E-state index < -0.39 is 5.91 Å². The van der Waals surface area contributed by atoms with Gasteiger partial charge in [-0.1, -0.05) is 12.1 Å². The SMILES string of the molecule is CCN(Cc1cccc(F)c1)C(=O)c1ccc2c(c1)C(=O)N(C)C2=O. The fourth-order valence-corrected chi connectivity index (χ4v) is 2.86. The number of rotatable bonds is 4. The number of carbonyl (C=O) groups excluding carboxylic acids is 3. The number of benzene rings is 2. The third-order valence-electron chi connectivity index (χ3n) is 4.27. The summed E-state index contributed by atoms with van der Waals surface area (Å²) in [5.41, 5.74) is 1.55. The van der Waals surface area contributed by atoms with Crippen LogP contribution in [0.1, 0.15) is 43.6 Å². The maximum atomic E-state index is 13.3. The molecule has 0 radical (unpaired) electrons. The first-order valence-corrected chi connectivity index (χ1v) is 7.92. The molecule has 0 saturated carbocycles. The van der Waals surface area contributed by atoms with E-state index in [-0.39, 0.29) is 29.7 Å². The quantitative estimate of drug-likeness (QED) is 0.804. The average Bonchev–Trinajstić information content (AvgIpc) is 2.83. The molecule has 0 fully saturated rings. The van der Waals surface area contributed by atoms with Crippen molar-refractivity contribution in [3.8, 4) is 0 Å². The molecule has 3 amide bonds. The van der Waals surface area contributed by atoms with Gasteiger partial charge in [-0.15, -0.1) is 0 Å². The first kappa shape index (κ1) is 16.8. The van der Waals surface area contributed by atoms with Crippen molar-refractivity contribution >= 4 is 17.7 Å². The van der Waals surface area contributed by atoms with Gasteiger partial charge < -0.3 is 4.90 Å². The predicted octanol–water partition coefficient (Wildman–Crippen LogP) is 2.71. The Labute approximate surface area is 144 Å². The minimum Gasteiger partial charge on any atom is -0.335 e. The summed E-state index contributed by atoms with van der Waals surface area (Å²) in [6.45, 7) is 2.52. The summed E-state index contributed by atoms with van der Waals surface area (Å²) in [6.07, 6.45) is 0. The van der Waals surface area contributed by atoms with Crippen molar-refractivity contribution in [2.45, 2.75) is 13.5 Å². The lowest BCUT2D eigenvalue weighted by Crippen LogP contribution is -2.30. The largest absolute Gasteiger partial charge is 0.335 e. The average molecular weight is 340 g/mol. The van der Waals surface area contributed by atoms with Crippen LogP contribution in [-0.4, -0.2) is 41.1 Å². The monoisotopic (exact) mass is 340 g/mol. The van der Waals surface area contributed by atoms with Gasteiger partial charge in [-0.05, 0) is 42.8 Å². The van der Waals surface area contributed by atoms with Gasteiger partial charge in [0.2, 0.25) is 0 Å². The Morgan fingerprint density at radius 3 is 2.48 bits per heavy atom. The third kappa shape index (κ3) is 3.03. The Kier molecular flexibility index (Phi) is 4.35. The highest BCUT2D eigenvalue weighted by Crippen LogP contribution is 2.23. The second kappa shape index (κ2) is 6.47. The minimum atomic E-state index is -0.414. The first-order chi connectivity index (χ1) is 11.9. The zero-order chi connectivity index (χ0) is 18.1. The Hall–Kier alpha value is -3.02. The first-order valence-electron chi connectivity index (χ1n) is 7.92. The number of carbonyl (C=O) groups is 3. The summed E-state index contributed by atoms with van der Waals surface area (Å²) in [7, 11) is 1.41. The zero-order valence-electron chi connectivity index (χ0n) is 14.0. The standard InChI is InChI=1S/C19H17FN2O3/c1-3-22(11-12-5-4-6-14(20)9-12)17(23)13-7-8-15-16(10-13)19(25)21(2)18(15)24/h4-10H,3,11H2,1-2H3. The smallest absolute Gasteiger partial charge is 0.261 e. The molecule has 0 N–H and O–H groups in total. The van der Waals surface area contributed by atoms with Crippen molar-refractivity contribution in [3.05, 3.63) is 70.5 Å². The molecule has 0 atom stereocenters. The Morgan fingerprint density at radius 1 is 1.08 bits per heavy atom.